The SMILES string of the molecule is CC(C)Cc1cccc(CC(C)C)c1-n1c(-c2[c-]cccc2)nc2ccc3ccccc3c21.CC(C)Cc1cccc(CC(C)C)c1-n1c(-c2[c-]cccc2)nc2ccccc21.[Ir]. The zero-order valence-electron chi connectivity index (χ0n) is 38.1. The van der Waals surface area contributed by atoms with Crippen LogP contribution in [0.3, 0.4) is 0 Å². The largest absolute Gasteiger partial charge is 0.333 e. The Balaban J connectivity index is 0.000000188. The van der Waals surface area contributed by atoms with Gasteiger partial charge in [0.15, 0.2) is 0 Å². The molecule has 0 aliphatic carbocycles. The van der Waals surface area contributed by atoms with E-state index in [1.165, 1.54) is 49.9 Å². The van der Waals surface area contributed by atoms with Crippen LogP contribution in [0.1, 0.15) is 77.6 Å². The summed E-state index contributed by atoms with van der Waals surface area (Å²) < 4.78 is 4.80. The zero-order valence-corrected chi connectivity index (χ0v) is 40.5. The number of fused-ring (bicyclic) bond motifs is 4. The minimum absolute atomic E-state index is 0. The van der Waals surface area contributed by atoms with Crippen molar-refractivity contribution in [2.45, 2.75) is 81.1 Å². The van der Waals surface area contributed by atoms with E-state index in [4.69, 9.17) is 9.97 Å². The molecular formula is C58H60IrN4-2. The summed E-state index contributed by atoms with van der Waals surface area (Å²) in [6.45, 7) is 18.3. The van der Waals surface area contributed by atoms with Crippen molar-refractivity contribution in [3.8, 4) is 34.2 Å². The Morgan fingerprint density at radius 3 is 1.38 bits per heavy atom. The first kappa shape index (κ1) is 45.4. The first-order valence-electron chi connectivity index (χ1n) is 22.6. The van der Waals surface area contributed by atoms with Gasteiger partial charge in [-0.25, -0.2) is 0 Å². The van der Waals surface area contributed by atoms with Crippen LogP contribution in [-0.2, 0) is 45.8 Å². The first-order chi connectivity index (χ1) is 30.1. The molecule has 9 rings (SSSR count). The molecule has 0 saturated heterocycles. The zero-order chi connectivity index (χ0) is 43.3. The molecule has 0 N–H and O–H groups in total. The van der Waals surface area contributed by atoms with Crippen LogP contribution in [0.15, 0.2) is 146 Å². The maximum absolute atomic E-state index is 5.18. The Morgan fingerprint density at radius 1 is 0.429 bits per heavy atom. The third-order valence-electron chi connectivity index (χ3n) is 11.4. The minimum Gasteiger partial charge on any atom is -0.333 e. The van der Waals surface area contributed by atoms with Gasteiger partial charge in [-0.1, -0.05) is 134 Å². The van der Waals surface area contributed by atoms with Crippen LogP contribution < -0.4 is 0 Å². The van der Waals surface area contributed by atoms with Gasteiger partial charge >= 0.3 is 0 Å². The summed E-state index contributed by atoms with van der Waals surface area (Å²) in [4.78, 5) is 10.2. The van der Waals surface area contributed by atoms with Gasteiger partial charge in [0.2, 0.25) is 0 Å². The second-order valence-corrected chi connectivity index (χ2v) is 18.5. The quantitative estimate of drug-likeness (QED) is 0.114. The third kappa shape index (κ3) is 9.96. The number of hydrogen-bond acceptors (Lipinski definition) is 2. The Hall–Kier alpha value is -5.61. The van der Waals surface area contributed by atoms with Crippen molar-refractivity contribution < 1.29 is 20.1 Å². The van der Waals surface area contributed by atoms with Crippen LogP contribution in [0.4, 0.5) is 0 Å². The van der Waals surface area contributed by atoms with E-state index in [9.17, 15) is 0 Å². The Kier molecular flexibility index (Phi) is 14.6. The van der Waals surface area contributed by atoms with E-state index in [-0.39, 0.29) is 20.1 Å². The number of benzene rings is 7. The molecule has 9 aromatic rings. The van der Waals surface area contributed by atoms with Crippen molar-refractivity contribution >= 4 is 32.8 Å². The molecule has 323 valence electrons. The number of imidazole rings is 2. The van der Waals surface area contributed by atoms with Gasteiger partial charge in [0.05, 0.1) is 33.7 Å². The van der Waals surface area contributed by atoms with Crippen LogP contribution in [0.5, 0.6) is 0 Å². The molecule has 0 fully saturated rings. The summed E-state index contributed by atoms with van der Waals surface area (Å²) in [6.07, 6.45) is 4.16. The van der Waals surface area contributed by atoms with E-state index >= 15 is 0 Å². The summed E-state index contributed by atoms with van der Waals surface area (Å²) in [5, 5.41) is 2.47. The molecule has 0 spiro atoms. The third-order valence-corrected chi connectivity index (χ3v) is 11.4. The molecule has 5 heteroatoms. The number of nitrogens with zero attached hydrogens (tertiary/aromatic N) is 4. The second kappa shape index (κ2) is 20.3. The van der Waals surface area contributed by atoms with E-state index in [1.54, 1.807) is 0 Å². The predicted octanol–water partition coefficient (Wildman–Crippen LogP) is 14.9. The fourth-order valence-electron chi connectivity index (χ4n) is 9.02. The fraction of sp³-hybridized carbons (Fsp3) is 0.276. The van der Waals surface area contributed by atoms with E-state index in [0.29, 0.717) is 23.7 Å². The Morgan fingerprint density at radius 2 is 0.873 bits per heavy atom. The molecule has 2 aromatic heterocycles. The summed E-state index contributed by atoms with van der Waals surface area (Å²) >= 11 is 0. The van der Waals surface area contributed by atoms with E-state index < -0.39 is 0 Å². The number of hydrogen-bond donors (Lipinski definition) is 0. The van der Waals surface area contributed by atoms with E-state index in [2.05, 4.69) is 198 Å². The molecule has 63 heavy (non-hydrogen) atoms. The average molecular weight is 1010 g/mol. The van der Waals surface area contributed by atoms with Gasteiger partial charge in [-0.2, -0.15) is 0 Å². The molecule has 0 amide bonds. The van der Waals surface area contributed by atoms with Crippen LogP contribution in [0.25, 0.3) is 67.0 Å². The number of para-hydroxylation sites is 4. The second-order valence-electron chi connectivity index (χ2n) is 18.5. The molecule has 0 atom stereocenters. The van der Waals surface area contributed by atoms with Crippen molar-refractivity contribution in [3.63, 3.8) is 0 Å². The number of rotatable bonds is 12. The molecule has 0 saturated carbocycles. The molecule has 4 nitrogen and oxygen atoms in total. The molecule has 0 aliphatic heterocycles. The van der Waals surface area contributed by atoms with Gasteiger partial charge in [-0.15, -0.1) is 71.8 Å². The predicted molar refractivity (Wildman–Crippen MR) is 262 cm³/mol. The minimum atomic E-state index is 0. The topological polar surface area (TPSA) is 35.6 Å². The van der Waals surface area contributed by atoms with Crippen molar-refractivity contribution in [1.29, 1.82) is 0 Å². The van der Waals surface area contributed by atoms with Gasteiger partial charge in [-0.3, -0.25) is 9.97 Å². The number of aromatic nitrogens is 4. The van der Waals surface area contributed by atoms with Crippen molar-refractivity contribution in [3.05, 3.63) is 180 Å². The molecule has 0 aliphatic rings. The van der Waals surface area contributed by atoms with Gasteiger partial charge < -0.3 is 9.13 Å². The molecule has 2 heterocycles. The monoisotopic (exact) mass is 1010 g/mol. The summed E-state index contributed by atoms with van der Waals surface area (Å²) in [6, 6.07) is 58.2. The normalized spacial score (nSPS) is 11.6. The van der Waals surface area contributed by atoms with Crippen LogP contribution in [0, 0.1) is 35.8 Å². The summed E-state index contributed by atoms with van der Waals surface area (Å²) in [5.74, 6) is 4.23. The van der Waals surface area contributed by atoms with Gasteiger partial charge in [-0.05, 0) is 95.2 Å². The molecule has 0 bridgehead atoms. The summed E-state index contributed by atoms with van der Waals surface area (Å²) in [5.41, 5.74) is 14.6. The molecular weight excluding hydrogens is 945 g/mol. The Labute approximate surface area is 388 Å². The van der Waals surface area contributed by atoms with Crippen molar-refractivity contribution in [2.75, 3.05) is 0 Å². The maximum atomic E-state index is 5.18. The maximum Gasteiger partial charge on any atom is 0.0781 e. The summed E-state index contributed by atoms with van der Waals surface area (Å²) in [7, 11) is 0. The smallest absolute Gasteiger partial charge is 0.0781 e. The van der Waals surface area contributed by atoms with Crippen molar-refractivity contribution in [1.82, 2.24) is 19.1 Å². The molecule has 7 aromatic carbocycles. The van der Waals surface area contributed by atoms with E-state index in [1.807, 2.05) is 24.3 Å². The standard InChI is InChI=1S/C31H31N2.C27H29N2.Ir/c1-21(2)19-25-14-10-15-26(20-22(3)4)29(25)33-30-27-16-9-8-11-23(27)17-18-28(30)32-31(33)24-12-6-5-7-13-24;1-19(2)17-22-13-10-14-23(18-20(3)4)26(22)29-25-16-9-8-15-24(25)28-27(29)21-11-6-5-7-12-21;/h5-12,14-18,21-22H,19-20H2,1-4H3;5-11,13-16,19-20H,17-18H2,1-4H3;/q2*-1;. The van der Waals surface area contributed by atoms with Gasteiger partial charge in [0.1, 0.15) is 0 Å². The van der Waals surface area contributed by atoms with E-state index in [0.717, 1.165) is 65.0 Å². The first-order valence-corrected chi connectivity index (χ1v) is 22.6. The fourth-order valence-corrected chi connectivity index (χ4v) is 9.02. The van der Waals surface area contributed by atoms with Crippen molar-refractivity contribution in [2.24, 2.45) is 23.7 Å². The Bertz CT molecular complexity index is 2860. The average Bonchev–Trinajstić information content (AvgIpc) is 3.84. The van der Waals surface area contributed by atoms with Crippen LogP contribution >= 0.6 is 0 Å². The molecule has 0 unspecified atom stereocenters. The van der Waals surface area contributed by atoms with Gasteiger partial charge in [0, 0.05) is 36.9 Å². The molecule has 1 radical (unpaired) electrons. The van der Waals surface area contributed by atoms with Crippen LogP contribution in [0.2, 0.25) is 0 Å². The van der Waals surface area contributed by atoms with Crippen LogP contribution in [-0.4, -0.2) is 19.1 Å². The van der Waals surface area contributed by atoms with Gasteiger partial charge in [0.25, 0.3) is 0 Å².